The van der Waals surface area contributed by atoms with E-state index in [1.54, 1.807) is 7.11 Å². The summed E-state index contributed by atoms with van der Waals surface area (Å²) in [5, 5.41) is 3.60. The fourth-order valence-electron chi connectivity index (χ4n) is 2.47. The predicted octanol–water partition coefficient (Wildman–Crippen LogP) is 3.93. The SMILES string of the molecule is COc1ccccc1C(C)Nc1ccccc1CN(C)C. The van der Waals surface area contributed by atoms with Crippen LogP contribution in [0.1, 0.15) is 24.1 Å². The Kier molecular flexibility index (Phi) is 5.23. The summed E-state index contributed by atoms with van der Waals surface area (Å²) >= 11 is 0. The van der Waals surface area contributed by atoms with Crippen LogP contribution in [-0.4, -0.2) is 26.1 Å². The molecular formula is C18H24N2O. The number of rotatable bonds is 6. The minimum Gasteiger partial charge on any atom is -0.496 e. The summed E-state index contributed by atoms with van der Waals surface area (Å²) < 4.78 is 5.45. The Bertz CT molecular complexity index is 581. The Morgan fingerprint density at radius 1 is 1.05 bits per heavy atom. The Balaban J connectivity index is 2.21. The van der Waals surface area contributed by atoms with Crippen LogP contribution < -0.4 is 10.1 Å². The van der Waals surface area contributed by atoms with Crippen LogP contribution in [0, 0.1) is 0 Å². The van der Waals surface area contributed by atoms with Gasteiger partial charge in [-0.05, 0) is 38.7 Å². The molecule has 1 atom stereocenters. The number of nitrogens with one attached hydrogen (secondary N) is 1. The van der Waals surface area contributed by atoms with Gasteiger partial charge in [0.05, 0.1) is 13.2 Å². The van der Waals surface area contributed by atoms with E-state index in [4.69, 9.17) is 4.74 Å². The molecule has 1 N–H and O–H groups in total. The number of hydrogen-bond acceptors (Lipinski definition) is 3. The van der Waals surface area contributed by atoms with Gasteiger partial charge in [0.25, 0.3) is 0 Å². The zero-order chi connectivity index (χ0) is 15.2. The lowest BCUT2D eigenvalue weighted by molar-refractivity contribution is 0.402. The minimum atomic E-state index is 0.185. The Morgan fingerprint density at radius 3 is 2.43 bits per heavy atom. The fraction of sp³-hybridized carbons (Fsp3) is 0.333. The van der Waals surface area contributed by atoms with Gasteiger partial charge in [0, 0.05) is 17.8 Å². The van der Waals surface area contributed by atoms with Gasteiger partial charge in [-0.3, -0.25) is 0 Å². The van der Waals surface area contributed by atoms with Gasteiger partial charge < -0.3 is 15.0 Å². The molecule has 3 nitrogen and oxygen atoms in total. The molecule has 2 aromatic carbocycles. The zero-order valence-electron chi connectivity index (χ0n) is 13.3. The van der Waals surface area contributed by atoms with E-state index >= 15 is 0 Å². The molecule has 0 radical (unpaired) electrons. The van der Waals surface area contributed by atoms with Gasteiger partial charge in [-0.25, -0.2) is 0 Å². The van der Waals surface area contributed by atoms with Crippen LogP contribution in [-0.2, 0) is 6.54 Å². The van der Waals surface area contributed by atoms with E-state index in [1.165, 1.54) is 16.8 Å². The molecule has 0 aliphatic carbocycles. The predicted molar refractivity (Wildman–Crippen MR) is 88.9 cm³/mol. The third kappa shape index (κ3) is 3.99. The van der Waals surface area contributed by atoms with Crippen molar-refractivity contribution in [2.24, 2.45) is 0 Å². The summed E-state index contributed by atoms with van der Waals surface area (Å²) in [6, 6.07) is 16.8. The molecule has 0 heterocycles. The summed E-state index contributed by atoms with van der Waals surface area (Å²) in [4.78, 5) is 2.17. The average Bonchev–Trinajstić information content (AvgIpc) is 2.48. The van der Waals surface area contributed by atoms with Crippen LogP contribution in [0.4, 0.5) is 5.69 Å². The smallest absolute Gasteiger partial charge is 0.124 e. The van der Waals surface area contributed by atoms with Crippen molar-refractivity contribution in [3.8, 4) is 5.75 Å². The van der Waals surface area contributed by atoms with E-state index in [2.05, 4.69) is 61.6 Å². The fourth-order valence-corrected chi connectivity index (χ4v) is 2.47. The number of nitrogens with zero attached hydrogens (tertiary/aromatic N) is 1. The van der Waals surface area contributed by atoms with Crippen LogP contribution in [0.15, 0.2) is 48.5 Å². The van der Waals surface area contributed by atoms with E-state index < -0.39 is 0 Å². The highest BCUT2D eigenvalue weighted by atomic mass is 16.5. The molecule has 1 unspecified atom stereocenters. The van der Waals surface area contributed by atoms with Crippen LogP contribution >= 0.6 is 0 Å². The molecule has 0 fully saturated rings. The second kappa shape index (κ2) is 7.14. The van der Waals surface area contributed by atoms with Crippen LogP contribution in [0.25, 0.3) is 0 Å². The third-order valence-corrected chi connectivity index (χ3v) is 3.48. The summed E-state index contributed by atoms with van der Waals surface area (Å²) in [7, 11) is 5.88. The lowest BCUT2D eigenvalue weighted by Crippen LogP contribution is -2.14. The number of benzene rings is 2. The first kappa shape index (κ1) is 15.4. The Morgan fingerprint density at radius 2 is 1.71 bits per heavy atom. The molecule has 2 rings (SSSR count). The van der Waals surface area contributed by atoms with Gasteiger partial charge in [0.2, 0.25) is 0 Å². The first-order valence-electron chi connectivity index (χ1n) is 7.24. The average molecular weight is 284 g/mol. The molecule has 3 heteroatoms. The molecule has 0 saturated carbocycles. The topological polar surface area (TPSA) is 24.5 Å². The molecule has 0 aromatic heterocycles. The van der Waals surface area contributed by atoms with Crippen LogP contribution in [0.5, 0.6) is 5.75 Å². The van der Waals surface area contributed by atoms with Crippen molar-refractivity contribution in [3.05, 3.63) is 59.7 Å². The van der Waals surface area contributed by atoms with Gasteiger partial charge >= 0.3 is 0 Å². The molecule has 2 aromatic rings. The van der Waals surface area contributed by atoms with Crippen LogP contribution in [0.2, 0.25) is 0 Å². The number of hydrogen-bond donors (Lipinski definition) is 1. The molecule has 0 amide bonds. The second-order valence-corrected chi connectivity index (χ2v) is 5.50. The molecule has 0 saturated heterocycles. The van der Waals surface area contributed by atoms with Gasteiger partial charge in [-0.15, -0.1) is 0 Å². The lowest BCUT2D eigenvalue weighted by atomic mass is 10.1. The van der Waals surface area contributed by atoms with Crippen molar-refractivity contribution in [1.82, 2.24) is 4.90 Å². The summed E-state index contributed by atoms with van der Waals surface area (Å²) in [6.07, 6.45) is 0. The van der Waals surface area contributed by atoms with E-state index in [0.717, 1.165) is 12.3 Å². The van der Waals surface area contributed by atoms with Crippen LogP contribution in [0.3, 0.4) is 0 Å². The molecule has 0 aliphatic heterocycles. The van der Waals surface area contributed by atoms with Gasteiger partial charge in [-0.2, -0.15) is 0 Å². The largest absolute Gasteiger partial charge is 0.496 e. The van der Waals surface area contributed by atoms with Gasteiger partial charge in [-0.1, -0.05) is 36.4 Å². The normalized spacial score (nSPS) is 12.2. The Labute approximate surface area is 127 Å². The van der Waals surface area contributed by atoms with Crippen molar-refractivity contribution in [1.29, 1.82) is 0 Å². The van der Waals surface area contributed by atoms with Gasteiger partial charge in [0.15, 0.2) is 0 Å². The number of para-hydroxylation sites is 2. The minimum absolute atomic E-state index is 0.185. The van der Waals surface area contributed by atoms with Crippen molar-refractivity contribution in [2.75, 3.05) is 26.5 Å². The van der Waals surface area contributed by atoms with E-state index in [9.17, 15) is 0 Å². The van der Waals surface area contributed by atoms with Crippen molar-refractivity contribution in [2.45, 2.75) is 19.5 Å². The molecule has 0 spiro atoms. The van der Waals surface area contributed by atoms with Crippen molar-refractivity contribution in [3.63, 3.8) is 0 Å². The molecule has 0 aliphatic rings. The quantitative estimate of drug-likeness (QED) is 0.870. The zero-order valence-corrected chi connectivity index (χ0v) is 13.3. The number of methoxy groups -OCH3 is 1. The lowest BCUT2D eigenvalue weighted by Gasteiger charge is -2.21. The highest BCUT2D eigenvalue weighted by molar-refractivity contribution is 5.53. The maximum Gasteiger partial charge on any atom is 0.124 e. The first-order valence-corrected chi connectivity index (χ1v) is 7.24. The highest BCUT2D eigenvalue weighted by Gasteiger charge is 2.12. The van der Waals surface area contributed by atoms with E-state index in [1.807, 2.05) is 18.2 Å². The summed E-state index contributed by atoms with van der Waals surface area (Å²) in [6.45, 7) is 3.08. The van der Waals surface area contributed by atoms with Crippen molar-refractivity contribution >= 4 is 5.69 Å². The van der Waals surface area contributed by atoms with Crippen molar-refractivity contribution < 1.29 is 4.74 Å². The van der Waals surface area contributed by atoms with E-state index in [-0.39, 0.29) is 6.04 Å². The number of ether oxygens (including phenoxy) is 1. The van der Waals surface area contributed by atoms with E-state index in [0.29, 0.717) is 0 Å². The second-order valence-electron chi connectivity index (χ2n) is 5.50. The molecular weight excluding hydrogens is 260 g/mol. The maximum absolute atomic E-state index is 5.45. The Hall–Kier alpha value is -2.00. The standard InChI is InChI=1S/C18H24N2O/c1-14(16-10-6-8-12-18(16)21-4)19-17-11-7-5-9-15(17)13-20(2)3/h5-12,14,19H,13H2,1-4H3. The van der Waals surface area contributed by atoms with Gasteiger partial charge in [0.1, 0.15) is 5.75 Å². The monoisotopic (exact) mass is 284 g/mol. The molecule has 21 heavy (non-hydrogen) atoms. The molecule has 112 valence electrons. The summed E-state index contributed by atoms with van der Waals surface area (Å²) in [5.74, 6) is 0.919. The third-order valence-electron chi connectivity index (χ3n) is 3.48. The first-order chi connectivity index (χ1) is 10.1. The molecule has 0 bridgehead atoms. The maximum atomic E-state index is 5.45. The number of anilines is 1. The highest BCUT2D eigenvalue weighted by Crippen LogP contribution is 2.28. The summed E-state index contributed by atoms with van der Waals surface area (Å²) in [5.41, 5.74) is 3.63.